The zero-order valence-corrected chi connectivity index (χ0v) is 15.8. The highest BCUT2D eigenvalue weighted by Crippen LogP contribution is 2.32. The molecule has 0 atom stereocenters. The summed E-state index contributed by atoms with van der Waals surface area (Å²) >= 11 is 1.48. The average molecular weight is 387 g/mol. The highest BCUT2D eigenvalue weighted by atomic mass is 32.1. The van der Waals surface area contributed by atoms with Gasteiger partial charge in [0.25, 0.3) is 0 Å². The highest BCUT2D eigenvalue weighted by molar-refractivity contribution is 7.09. The maximum absolute atomic E-state index is 13.0. The van der Waals surface area contributed by atoms with Gasteiger partial charge in [0.1, 0.15) is 10.8 Å². The number of thiazole rings is 1. The number of amides is 2. The van der Waals surface area contributed by atoms with Crippen LogP contribution >= 0.6 is 11.3 Å². The summed E-state index contributed by atoms with van der Waals surface area (Å²) < 4.78 is 13.0. The number of nitrogens with zero attached hydrogens (tertiary/aromatic N) is 2. The van der Waals surface area contributed by atoms with Gasteiger partial charge in [0.15, 0.2) is 0 Å². The van der Waals surface area contributed by atoms with Gasteiger partial charge in [-0.1, -0.05) is 0 Å². The first-order chi connectivity index (χ1) is 13.1. The first-order valence-corrected chi connectivity index (χ1v) is 10.2. The number of piperidine rings is 1. The second-order valence-electron chi connectivity index (χ2n) is 7.23. The van der Waals surface area contributed by atoms with Crippen LogP contribution in [0.25, 0.3) is 11.3 Å². The van der Waals surface area contributed by atoms with Crippen molar-refractivity contribution in [1.82, 2.24) is 15.2 Å². The van der Waals surface area contributed by atoms with Crippen molar-refractivity contribution >= 4 is 23.2 Å². The molecule has 0 unspecified atom stereocenters. The quantitative estimate of drug-likeness (QED) is 0.857. The third-order valence-electron chi connectivity index (χ3n) is 5.21. The SMILES string of the molecule is O=C(NCc1nc(-c2ccc(F)cc2)cs1)C1CCN(C(=O)C2CC2)CC1. The summed E-state index contributed by atoms with van der Waals surface area (Å²) in [5.74, 6) is 0.240. The van der Waals surface area contributed by atoms with Crippen molar-refractivity contribution in [3.05, 3.63) is 40.5 Å². The molecule has 0 bridgehead atoms. The van der Waals surface area contributed by atoms with E-state index in [9.17, 15) is 14.0 Å². The van der Waals surface area contributed by atoms with Crippen molar-refractivity contribution in [3.63, 3.8) is 0 Å². The molecule has 1 saturated heterocycles. The number of nitrogens with one attached hydrogen (secondary N) is 1. The summed E-state index contributed by atoms with van der Waals surface area (Å²) in [5.41, 5.74) is 1.65. The van der Waals surface area contributed by atoms with Crippen LogP contribution in [0.1, 0.15) is 30.7 Å². The highest BCUT2D eigenvalue weighted by Gasteiger charge is 2.35. The molecular formula is C20H22FN3O2S. The van der Waals surface area contributed by atoms with Gasteiger partial charge in [-0.25, -0.2) is 9.37 Å². The fraction of sp³-hybridized carbons (Fsp3) is 0.450. The Morgan fingerprint density at radius 1 is 1.11 bits per heavy atom. The zero-order valence-electron chi connectivity index (χ0n) is 15.0. The molecule has 5 nitrogen and oxygen atoms in total. The monoisotopic (exact) mass is 387 g/mol. The van der Waals surface area contributed by atoms with Crippen LogP contribution in [0.2, 0.25) is 0 Å². The van der Waals surface area contributed by atoms with Crippen LogP contribution in [0.5, 0.6) is 0 Å². The molecule has 0 radical (unpaired) electrons. The van der Waals surface area contributed by atoms with Crippen molar-refractivity contribution in [2.45, 2.75) is 32.2 Å². The van der Waals surface area contributed by atoms with Gasteiger partial charge in [0, 0.05) is 35.9 Å². The molecular weight excluding hydrogens is 365 g/mol. The molecule has 2 amide bonds. The molecule has 2 fully saturated rings. The molecule has 1 saturated carbocycles. The lowest BCUT2D eigenvalue weighted by molar-refractivity contribution is -0.136. The van der Waals surface area contributed by atoms with Gasteiger partial charge >= 0.3 is 0 Å². The number of likely N-dealkylation sites (tertiary alicyclic amines) is 1. The van der Waals surface area contributed by atoms with Crippen LogP contribution in [0.4, 0.5) is 4.39 Å². The summed E-state index contributed by atoms with van der Waals surface area (Å²) in [6, 6.07) is 6.22. The molecule has 4 rings (SSSR count). The second kappa shape index (κ2) is 7.76. The number of halogens is 1. The van der Waals surface area contributed by atoms with Crippen LogP contribution in [-0.4, -0.2) is 34.8 Å². The normalized spacial score (nSPS) is 17.7. The molecule has 1 aromatic heterocycles. The summed E-state index contributed by atoms with van der Waals surface area (Å²) in [6.07, 6.45) is 3.49. The Balaban J connectivity index is 1.26. The number of aromatic nitrogens is 1. The van der Waals surface area contributed by atoms with Crippen LogP contribution in [0, 0.1) is 17.7 Å². The standard InChI is InChI=1S/C20H22FN3O2S/c21-16-5-3-13(4-6-16)17-12-27-18(23-17)11-22-19(25)14-7-9-24(10-8-14)20(26)15-1-2-15/h3-6,12,14-15H,1-2,7-11H2,(H,22,25). The summed E-state index contributed by atoms with van der Waals surface area (Å²) in [6.45, 7) is 1.75. The molecule has 1 aliphatic heterocycles. The third kappa shape index (κ3) is 4.35. The predicted molar refractivity (Wildman–Crippen MR) is 101 cm³/mol. The fourth-order valence-electron chi connectivity index (χ4n) is 3.40. The molecule has 7 heteroatoms. The lowest BCUT2D eigenvalue weighted by atomic mass is 9.95. The van der Waals surface area contributed by atoms with E-state index in [0.717, 1.165) is 41.9 Å². The minimum Gasteiger partial charge on any atom is -0.349 e. The van der Waals surface area contributed by atoms with Gasteiger partial charge in [0.2, 0.25) is 11.8 Å². The molecule has 1 N–H and O–H groups in total. The predicted octanol–water partition coefficient (Wildman–Crippen LogP) is 3.21. The van der Waals surface area contributed by atoms with Crippen molar-refractivity contribution < 1.29 is 14.0 Å². The van der Waals surface area contributed by atoms with Crippen molar-refractivity contribution in [1.29, 1.82) is 0 Å². The van der Waals surface area contributed by atoms with Crippen LogP contribution in [0.3, 0.4) is 0 Å². The van der Waals surface area contributed by atoms with E-state index >= 15 is 0 Å². The van der Waals surface area contributed by atoms with E-state index in [2.05, 4.69) is 10.3 Å². The Bertz CT molecular complexity index is 824. The Kier molecular flexibility index (Phi) is 5.20. The van der Waals surface area contributed by atoms with Gasteiger partial charge in [-0.3, -0.25) is 9.59 Å². The molecule has 2 heterocycles. The number of rotatable bonds is 5. The zero-order chi connectivity index (χ0) is 18.8. The number of hydrogen-bond donors (Lipinski definition) is 1. The second-order valence-corrected chi connectivity index (χ2v) is 8.17. The largest absolute Gasteiger partial charge is 0.349 e. The van der Waals surface area contributed by atoms with E-state index in [4.69, 9.17) is 0 Å². The Hall–Kier alpha value is -2.28. The lowest BCUT2D eigenvalue weighted by Gasteiger charge is -2.31. The van der Waals surface area contributed by atoms with Crippen molar-refractivity contribution in [2.24, 2.45) is 11.8 Å². The van der Waals surface area contributed by atoms with Crippen LogP contribution in [0.15, 0.2) is 29.6 Å². The van der Waals surface area contributed by atoms with Crippen molar-refractivity contribution in [3.8, 4) is 11.3 Å². The molecule has 1 aliphatic carbocycles. The molecule has 0 spiro atoms. The number of carbonyl (C=O) groups is 2. The Morgan fingerprint density at radius 2 is 1.81 bits per heavy atom. The van der Waals surface area contributed by atoms with Gasteiger partial charge < -0.3 is 10.2 Å². The number of hydrogen-bond acceptors (Lipinski definition) is 4. The molecule has 27 heavy (non-hydrogen) atoms. The average Bonchev–Trinajstić information content (AvgIpc) is 3.44. The lowest BCUT2D eigenvalue weighted by Crippen LogP contribution is -2.43. The van der Waals surface area contributed by atoms with Gasteiger partial charge in [-0.2, -0.15) is 0 Å². The molecule has 142 valence electrons. The molecule has 2 aromatic rings. The molecule has 1 aromatic carbocycles. The minimum absolute atomic E-state index is 0.0343. The van der Waals surface area contributed by atoms with E-state index in [-0.39, 0.29) is 29.5 Å². The fourth-order valence-corrected chi connectivity index (χ4v) is 4.15. The number of benzene rings is 1. The van der Waals surface area contributed by atoms with Crippen LogP contribution in [-0.2, 0) is 16.1 Å². The maximum Gasteiger partial charge on any atom is 0.225 e. The summed E-state index contributed by atoms with van der Waals surface area (Å²) in [7, 11) is 0. The Labute approximate surface area is 161 Å². The van der Waals surface area contributed by atoms with E-state index < -0.39 is 0 Å². The Morgan fingerprint density at radius 3 is 2.48 bits per heavy atom. The van der Waals surface area contributed by atoms with Gasteiger partial charge in [-0.05, 0) is 49.9 Å². The van der Waals surface area contributed by atoms with E-state index in [0.29, 0.717) is 19.6 Å². The van der Waals surface area contributed by atoms with Gasteiger partial charge in [-0.15, -0.1) is 11.3 Å². The summed E-state index contributed by atoms with van der Waals surface area (Å²) in [4.78, 5) is 30.9. The van der Waals surface area contributed by atoms with Crippen molar-refractivity contribution in [2.75, 3.05) is 13.1 Å². The third-order valence-corrected chi connectivity index (χ3v) is 6.06. The van der Waals surface area contributed by atoms with E-state index in [1.54, 1.807) is 12.1 Å². The van der Waals surface area contributed by atoms with E-state index in [1.165, 1.54) is 23.5 Å². The van der Waals surface area contributed by atoms with E-state index in [1.807, 2.05) is 10.3 Å². The first kappa shape index (κ1) is 18.1. The molecule has 2 aliphatic rings. The first-order valence-electron chi connectivity index (χ1n) is 9.37. The smallest absolute Gasteiger partial charge is 0.225 e. The minimum atomic E-state index is -0.272. The number of carbonyl (C=O) groups excluding carboxylic acids is 2. The summed E-state index contributed by atoms with van der Waals surface area (Å²) in [5, 5.41) is 5.70. The van der Waals surface area contributed by atoms with Gasteiger partial charge in [0.05, 0.1) is 12.2 Å². The topological polar surface area (TPSA) is 62.3 Å². The maximum atomic E-state index is 13.0. The van der Waals surface area contributed by atoms with Crippen LogP contribution < -0.4 is 5.32 Å².